The predicted molar refractivity (Wildman–Crippen MR) is 122 cm³/mol. The van der Waals surface area contributed by atoms with Gasteiger partial charge in [0.05, 0.1) is 7.11 Å². The number of carbonyl (C=O) groups excluding carboxylic acids is 4. The number of carbonyl (C=O) groups is 4. The van der Waals surface area contributed by atoms with Crippen molar-refractivity contribution < 1.29 is 28.7 Å². The molecule has 0 aromatic carbocycles. The van der Waals surface area contributed by atoms with Gasteiger partial charge in [-0.25, -0.2) is 0 Å². The lowest BCUT2D eigenvalue weighted by molar-refractivity contribution is -0.172. The molecule has 0 spiro atoms. The first-order valence-corrected chi connectivity index (χ1v) is 12.8. The fourth-order valence-electron chi connectivity index (χ4n) is 8.55. The Hall–Kier alpha value is -1.72. The number of methoxy groups -OCH3 is 1. The van der Waals surface area contributed by atoms with Gasteiger partial charge in [-0.3, -0.25) is 19.2 Å². The number of esters is 2. The topological polar surface area (TPSA) is 86.7 Å². The molecular formula is C27H40O6. The molecule has 4 rings (SSSR count). The summed E-state index contributed by atoms with van der Waals surface area (Å²) in [6, 6.07) is 0. The van der Waals surface area contributed by atoms with Crippen LogP contribution in [0, 0.1) is 46.3 Å². The van der Waals surface area contributed by atoms with Crippen molar-refractivity contribution in [3.63, 3.8) is 0 Å². The lowest BCUT2D eigenvalue weighted by Gasteiger charge is -2.59. The third-order valence-corrected chi connectivity index (χ3v) is 10.4. The van der Waals surface area contributed by atoms with Crippen LogP contribution in [0.2, 0.25) is 0 Å². The molecule has 0 aliphatic heterocycles. The number of ether oxygens (including phenoxy) is 2. The average molecular weight is 461 g/mol. The van der Waals surface area contributed by atoms with Crippen molar-refractivity contribution in [3.8, 4) is 0 Å². The molecule has 6 heteroatoms. The summed E-state index contributed by atoms with van der Waals surface area (Å²) in [5.41, 5.74) is -0.536. The Morgan fingerprint density at radius 2 is 1.82 bits per heavy atom. The summed E-state index contributed by atoms with van der Waals surface area (Å²) in [6.45, 7) is 7.99. The van der Waals surface area contributed by atoms with Gasteiger partial charge in [-0.2, -0.15) is 0 Å². The van der Waals surface area contributed by atoms with Gasteiger partial charge in [0.25, 0.3) is 0 Å². The Labute approximate surface area is 197 Å². The Morgan fingerprint density at radius 1 is 1.09 bits per heavy atom. The third-order valence-electron chi connectivity index (χ3n) is 10.4. The summed E-state index contributed by atoms with van der Waals surface area (Å²) in [6.07, 6.45) is 6.30. The summed E-state index contributed by atoms with van der Waals surface area (Å²) < 4.78 is 10.3. The maximum absolute atomic E-state index is 13.8. The number of Topliss-reactive ketones (excluding diaryl/α,β-unsaturated/α-hetero) is 2. The summed E-state index contributed by atoms with van der Waals surface area (Å²) >= 11 is 0. The molecule has 0 amide bonds. The molecule has 6 nitrogen and oxygen atoms in total. The van der Waals surface area contributed by atoms with Crippen LogP contribution < -0.4 is 0 Å². The normalized spacial score (nSPS) is 43.2. The maximum Gasteiger partial charge on any atom is 0.305 e. The number of hydrogen-bond acceptors (Lipinski definition) is 6. The first-order chi connectivity index (χ1) is 15.5. The van der Waals surface area contributed by atoms with E-state index in [1.165, 1.54) is 14.0 Å². The smallest absolute Gasteiger partial charge is 0.305 e. The molecule has 4 aliphatic rings. The summed E-state index contributed by atoms with van der Waals surface area (Å²) in [7, 11) is 1.41. The van der Waals surface area contributed by atoms with E-state index in [2.05, 4.69) is 20.8 Å². The third kappa shape index (κ3) is 3.95. The highest BCUT2D eigenvalue weighted by Gasteiger charge is 2.66. The van der Waals surface area contributed by atoms with Crippen molar-refractivity contribution in [2.45, 2.75) is 91.6 Å². The SMILES string of the molecule is COC(=O)CC[C@@H](C)[C@H]1CC[C@H]2[C@@H]3C(=O)C[C@@H]4C[C@H](OC(C)=O)CC[C@]4(C)[C@H]3CC(=O)[C@]12C. The highest BCUT2D eigenvalue weighted by molar-refractivity contribution is 5.92. The second kappa shape index (κ2) is 8.81. The van der Waals surface area contributed by atoms with E-state index in [4.69, 9.17) is 9.47 Å². The molecule has 0 aromatic heterocycles. The molecule has 33 heavy (non-hydrogen) atoms. The lowest BCUT2D eigenvalue weighted by Crippen LogP contribution is -2.60. The van der Waals surface area contributed by atoms with Crippen LogP contribution in [0.15, 0.2) is 0 Å². The summed E-state index contributed by atoms with van der Waals surface area (Å²) in [4.78, 5) is 50.6. The van der Waals surface area contributed by atoms with Crippen molar-refractivity contribution >= 4 is 23.5 Å². The van der Waals surface area contributed by atoms with E-state index in [0.717, 1.165) is 32.1 Å². The molecule has 0 aromatic rings. The molecule has 0 bridgehead atoms. The minimum absolute atomic E-state index is 0.0444. The van der Waals surface area contributed by atoms with E-state index in [1.54, 1.807) is 0 Å². The molecule has 4 aliphatic carbocycles. The van der Waals surface area contributed by atoms with E-state index < -0.39 is 5.41 Å². The van der Waals surface area contributed by atoms with Gasteiger partial charge in [-0.15, -0.1) is 0 Å². The lowest BCUT2D eigenvalue weighted by atomic mass is 9.43. The van der Waals surface area contributed by atoms with Crippen LogP contribution >= 0.6 is 0 Å². The Morgan fingerprint density at radius 3 is 2.48 bits per heavy atom. The van der Waals surface area contributed by atoms with Crippen LogP contribution in [-0.2, 0) is 28.7 Å². The first kappa shape index (κ1) is 24.4. The number of rotatable bonds is 5. The van der Waals surface area contributed by atoms with Crippen molar-refractivity contribution in [2.24, 2.45) is 46.3 Å². The van der Waals surface area contributed by atoms with E-state index >= 15 is 0 Å². The van der Waals surface area contributed by atoms with Gasteiger partial charge in [0.2, 0.25) is 0 Å². The van der Waals surface area contributed by atoms with Crippen LogP contribution in [-0.4, -0.2) is 36.7 Å². The molecule has 4 fully saturated rings. The zero-order valence-corrected chi connectivity index (χ0v) is 20.9. The van der Waals surface area contributed by atoms with E-state index in [-0.39, 0.29) is 59.0 Å². The maximum atomic E-state index is 13.8. The van der Waals surface area contributed by atoms with Crippen molar-refractivity contribution in [1.29, 1.82) is 0 Å². The Kier molecular flexibility index (Phi) is 6.52. The fraction of sp³-hybridized carbons (Fsp3) is 0.852. The van der Waals surface area contributed by atoms with E-state index in [0.29, 0.717) is 37.2 Å². The van der Waals surface area contributed by atoms with Gasteiger partial charge in [0, 0.05) is 37.5 Å². The quantitative estimate of drug-likeness (QED) is 0.561. The molecule has 0 heterocycles. The average Bonchev–Trinajstić information content (AvgIpc) is 3.11. The highest BCUT2D eigenvalue weighted by atomic mass is 16.5. The van der Waals surface area contributed by atoms with Crippen LogP contribution in [0.25, 0.3) is 0 Å². The molecule has 184 valence electrons. The molecule has 0 N–H and O–H groups in total. The second-order valence-corrected chi connectivity index (χ2v) is 11.8. The van der Waals surface area contributed by atoms with Crippen molar-refractivity contribution in [2.75, 3.05) is 7.11 Å². The fourth-order valence-corrected chi connectivity index (χ4v) is 8.55. The van der Waals surface area contributed by atoms with E-state index in [1.807, 2.05) is 0 Å². The van der Waals surface area contributed by atoms with E-state index in [9.17, 15) is 19.2 Å². The van der Waals surface area contributed by atoms with Crippen LogP contribution in [0.4, 0.5) is 0 Å². The molecule has 0 saturated heterocycles. The minimum Gasteiger partial charge on any atom is -0.469 e. The molecule has 4 saturated carbocycles. The van der Waals surface area contributed by atoms with Crippen LogP contribution in [0.1, 0.15) is 85.5 Å². The largest absolute Gasteiger partial charge is 0.469 e. The minimum atomic E-state index is -0.482. The number of hydrogen-bond donors (Lipinski definition) is 0. The molecule has 9 atom stereocenters. The second-order valence-electron chi connectivity index (χ2n) is 11.8. The summed E-state index contributed by atoms with van der Waals surface area (Å²) in [5.74, 6) is 0.945. The van der Waals surface area contributed by atoms with Gasteiger partial charge < -0.3 is 9.47 Å². The van der Waals surface area contributed by atoms with Gasteiger partial charge >= 0.3 is 11.9 Å². The first-order valence-electron chi connectivity index (χ1n) is 12.8. The zero-order valence-electron chi connectivity index (χ0n) is 20.9. The number of fused-ring (bicyclic) bond motifs is 5. The van der Waals surface area contributed by atoms with Gasteiger partial charge in [-0.05, 0) is 73.5 Å². The van der Waals surface area contributed by atoms with Crippen molar-refractivity contribution in [3.05, 3.63) is 0 Å². The van der Waals surface area contributed by atoms with Crippen LogP contribution in [0.3, 0.4) is 0 Å². The van der Waals surface area contributed by atoms with Gasteiger partial charge in [0.15, 0.2) is 0 Å². The monoisotopic (exact) mass is 460 g/mol. The zero-order chi connectivity index (χ0) is 24.1. The Balaban J connectivity index is 1.56. The molecular weight excluding hydrogens is 420 g/mol. The van der Waals surface area contributed by atoms with Gasteiger partial charge in [0.1, 0.15) is 17.7 Å². The highest BCUT2D eigenvalue weighted by Crippen LogP contribution is 2.66. The van der Waals surface area contributed by atoms with Gasteiger partial charge in [-0.1, -0.05) is 20.8 Å². The molecule has 0 radical (unpaired) electrons. The summed E-state index contributed by atoms with van der Waals surface area (Å²) in [5, 5.41) is 0. The number of ketones is 2. The molecule has 0 unspecified atom stereocenters. The Bertz CT molecular complexity index is 834. The van der Waals surface area contributed by atoms with Crippen LogP contribution in [0.5, 0.6) is 0 Å². The predicted octanol–water partition coefficient (Wildman–Crippen LogP) is 4.52. The standard InChI is InChI=1S/C27H40O6/c1-15(6-9-24(31)32-5)19-7-8-20-25-21(14-23(30)27(19,20)4)26(3)11-10-18(33-16(2)28)12-17(26)13-22(25)29/h15,17-21,25H,6-14H2,1-5H3/t15-,17+,18-,19-,20+,21+,25+,26+,27-/m1/s1. The van der Waals surface area contributed by atoms with Crippen molar-refractivity contribution in [1.82, 2.24) is 0 Å².